The van der Waals surface area contributed by atoms with Crippen molar-refractivity contribution in [3.63, 3.8) is 0 Å². The average Bonchev–Trinajstić information content (AvgIpc) is 2.89. The van der Waals surface area contributed by atoms with Crippen molar-refractivity contribution < 1.29 is 32.5 Å². The van der Waals surface area contributed by atoms with Crippen LogP contribution in [0.3, 0.4) is 0 Å². The van der Waals surface area contributed by atoms with Crippen LogP contribution < -0.4 is 9.47 Å². The normalized spacial score (nSPS) is 11.9. The molecule has 0 bridgehead atoms. The number of carboxylic acid groups (broad SMARTS) is 1. The third kappa shape index (κ3) is 4.71. The van der Waals surface area contributed by atoms with Gasteiger partial charge in [0.15, 0.2) is 0 Å². The highest BCUT2D eigenvalue weighted by atomic mass is 19.4. The summed E-state index contributed by atoms with van der Waals surface area (Å²) < 4.78 is 48.7. The quantitative estimate of drug-likeness (QED) is 0.586. The number of halogens is 3. The van der Waals surface area contributed by atoms with E-state index in [1.165, 1.54) is 31.4 Å². The second kappa shape index (κ2) is 7.90. The lowest BCUT2D eigenvalue weighted by Crippen LogP contribution is -2.17. The molecule has 0 amide bonds. The van der Waals surface area contributed by atoms with E-state index in [-0.39, 0.29) is 12.3 Å². The predicted octanol–water partition coefficient (Wildman–Crippen LogP) is 5.00. The maximum atomic E-state index is 12.5. The number of carbonyl (C=O) groups is 1. The van der Waals surface area contributed by atoms with Crippen LogP contribution in [-0.4, -0.2) is 29.1 Å². The summed E-state index contributed by atoms with van der Waals surface area (Å²) in [6.45, 7) is 2.11. The molecule has 0 aliphatic rings. The van der Waals surface area contributed by atoms with Crippen molar-refractivity contribution in [2.24, 2.45) is 0 Å². The van der Waals surface area contributed by atoms with Gasteiger partial charge in [-0.3, -0.25) is 0 Å². The zero-order valence-corrected chi connectivity index (χ0v) is 15.7. The molecule has 8 heteroatoms. The van der Waals surface area contributed by atoms with E-state index >= 15 is 0 Å². The summed E-state index contributed by atoms with van der Waals surface area (Å²) in [7, 11) is 1.53. The van der Waals surface area contributed by atoms with Gasteiger partial charge in [0.05, 0.1) is 7.11 Å². The van der Waals surface area contributed by atoms with Crippen molar-refractivity contribution in [2.45, 2.75) is 19.8 Å². The predicted molar refractivity (Wildman–Crippen MR) is 102 cm³/mol. The van der Waals surface area contributed by atoms with Crippen molar-refractivity contribution >= 4 is 22.9 Å². The number of rotatable bonds is 6. The number of methoxy groups -OCH3 is 1. The number of fused-ring (bicyclic) bond motifs is 1. The molecule has 5 nitrogen and oxygen atoms in total. The van der Waals surface area contributed by atoms with Gasteiger partial charge in [-0.2, -0.15) is 0 Å². The number of alkyl halides is 3. The van der Waals surface area contributed by atoms with E-state index in [1.807, 2.05) is 17.6 Å². The van der Waals surface area contributed by atoms with Crippen LogP contribution in [0, 0.1) is 6.92 Å². The molecule has 0 aliphatic carbocycles. The Labute approximate surface area is 164 Å². The summed E-state index contributed by atoms with van der Waals surface area (Å²) >= 11 is 0. The highest BCUT2D eigenvalue weighted by Gasteiger charge is 2.31. The number of ether oxygens (including phenoxy) is 2. The van der Waals surface area contributed by atoms with Crippen molar-refractivity contribution in [1.82, 2.24) is 4.57 Å². The van der Waals surface area contributed by atoms with Crippen LogP contribution in [0.1, 0.15) is 16.8 Å². The first kappa shape index (κ1) is 20.3. The summed E-state index contributed by atoms with van der Waals surface area (Å²) in [6, 6.07) is 11.2. The molecule has 3 rings (SSSR count). The summed E-state index contributed by atoms with van der Waals surface area (Å²) in [5.74, 6) is -0.762. The number of hydrogen-bond acceptors (Lipinski definition) is 3. The Hall–Kier alpha value is -3.42. The summed E-state index contributed by atoms with van der Waals surface area (Å²) in [5, 5.41) is 9.76. The molecule has 29 heavy (non-hydrogen) atoms. The van der Waals surface area contributed by atoms with Gasteiger partial charge < -0.3 is 19.1 Å². The second-order valence-electron chi connectivity index (χ2n) is 6.34. The van der Waals surface area contributed by atoms with Gasteiger partial charge >= 0.3 is 12.3 Å². The molecular formula is C21H18F3NO4. The molecule has 0 aliphatic heterocycles. The highest BCUT2D eigenvalue weighted by molar-refractivity contribution is 5.95. The van der Waals surface area contributed by atoms with Crippen LogP contribution in [0.4, 0.5) is 13.2 Å². The van der Waals surface area contributed by atoms with E-state index in [2.05, 4.69) is 4.74 Å². The van der Waals surface area contributed by atoms with Crippen molar-refractivity contribution in [1.29, 1.82) is 0 Å². The molecule has 0 spiro atoms. The Kier molecular flexibility index (Phi) is 5.54. The number of aliphatic carboxylic acids is 1. The smallest absolute Gasteiger partial charge is 0.497 e. The third-order valence-electron chi connectivity index (χ3n) is 4.44. The summed E-state index contributed by atoms with van der Waals surface area (Å²) in [5.41, 5.74) is 2.88. The standard InChI is InChI=1S/C21H18F3NO4/c1-13-17(7-9-20(26)27)18-11-15(28-2)6-8-19(18)25(13)12-14-4-3-5-16(10-14)29-21(22,23)24/h3-11H,12H2,1-2H3,(H,26,27)/b9-7+. The van der Waals surface area contributed by atoms with Gasteiger partial charge in [0, 0.05) is 34.8 Å². The van der Waals surface area contributed by atoms with Gasteiger partial charge in [-0.15, -0.1) is 13.2 Å². The van der Waals surface area contributed by atoms with Crippen molar-refractivity contribution in [3.05, 3.63) is 65.4 Å². The number of nitrogens with zero attached hydrogens (tertiary/aromatic N) is 1. The van der Waals surface area contributed by atoms with E-state index in [0.717, 1.165) is 22.7 Å². The lowest BCUT2D eigenvalue weighted by molar-refractivity contribution is -0.274. The van der Waals surface area contributed by atoms with E-state index in [4.69, 9.17) is 9.84 Å². The van der Waals surface area contributed by atoms with E-state index in [1.54, 1.807) is 18.2 Å². The van der Waals surface area contributed by atoms with Crippen LogP contribution in [0.5, 0.6) is 11.5 Å². The minimum Gasteiger partial charge on any atom is -0.497 e. The van der Waals surface area contributed by atoms with Gasteiger partial charge in [0.2, 0.25) is 0 Å². The molecule has 2 aromatic carbocycles. The lowest BCUT2D eigenvalue weighted by Gasteiger charge is -2.12. The minimum atomic E-state index is -4.76. The summed E-state index contributed by atoms with van der Waals surface area (Å²) in [4.78, 5) is 11.0. The van der Waals surface area contributed by atoms with Gasteiger partial charge in [-0.25, -0.2) is 4.79 Å². The maximum Gasteiger partial charge on any atom is 0.573 e. The van der Waals surface area contributed by atoms with E-state index < -0.39 is 12.3 Å². The first-order valence-electron chi connectivity index (χ1n) is 8.60. The molecule has 0 atom stereocenters. The van der Waals surface area contributed by atoms with Crippen LogP contribution >= 0.6 is 0 Å². The van der Waals surface area contributed by atoms with Crippen LogP contribution in [-0.2, 0) is 11.3 Å². The van der Waals surface area contributed by atoms with Crippen molar-refractivity contribution in [3.8, 4) is 11.5 Å². The first-order valence-corrected chi connectivity index (χ1v) is 8.60. The molecule has 1 N–H and O–H groups in total. The van der Waals surface area contributed by atoms with Gasteiger partial charge in [-0.1, -0.05) is 12.1 Å². The molecule has 0 saturated carbocycles. The third-order valence-corrected chi connectivity index (χ3v) is 4.44. The number of benzene rings is 2. The largest absolute Gasteiger partial charge is 0.573 e. The lowest BCUT2D eigenvalue weighted by atomic mass is 10.1. The summed E-state index contributed by atoms with van der Waals surface area (Å²) in [6.07, 6.45) is -2.22. The minimum absolute atomic E-state index is 0.282. The number of aromatic nitrogens is 1. The first-order chi connectivity index (χ1) is 13.7. The molecule has 0 fully saturated rings. The molecule has 1 aromatic heterocycles. The average molecular weight is 405 g/mol. The van der Waals surface area contributed by atoms with Crippen molar-refractivity contribution in [2.75, 3.05) is 7.11 Å². The Morgan fingerprint density at radius 3 is 2.59 bits per heavy atom. The zero-order valence-electron chi connectivity index (χ0n) is 15.7. The fourth-order valence-electron chi connectivity index (χ4n) is 3.21. The Morgan fingerprint density at radius 1 is 1.17 bits per heavy atom. The Bertz CT molecular complexity index is 1080. The molecule has 3 aromatic rings. The van der Waals surface area contributed by atoms with E-state index in [0.29, 0.717) is 16.9 Å². The zero-order chi connectivity index (χ0) is 21.2. The fourth-order valence-corrected chi connectivity index (χ4v) is 3.21. The van der Waals surface area contributed by atoms with E-state index in [9.17, 15) is 18.0 Å². The number of carboxylic acids is 1. The monoisotopic (exact) mass is 405 g/mol. The molecular weight excluding hydrogens is 387 g/mol. The molecule has 0 saturated heterocycles. The molecule has 1 heterocycles. The van der Waals surface area contributed by atoms with Gasteiger partial charge in [-0.05, 0) is 48.9 Å². The molecule has 152 valence electrons. The topological polar surface area (TPSA) is 60.7 Å². The molecule has 0 radical (unpaired) electrons. The second-order valence-corrected chi connectivity index (χ2v) is 6.34. The van der Waals surface area contributed by atoms with Crippen LogP contribution in [0.2, 0.25) is 0 Å². The van der Waals surface area contributed by atoms with Gasteiger partial charge in [0.25, 0.3) is 0 Å². The van der Waals surface area contributed by atoms with Crippen LogP contribution in [0.25, 0.3) is 17.0 Å². The fraction of sp³-hybridized carbons (Fsp3) is 0.190. The highest BCUT2D eigenvalue weighted by Crippen LogP contribution is 2.32. The maximum absolute atomic E-state index is 12.5. The van der Waals surface area contributed by atoms with Crippen LogP contribution in [0.15, 0.2) is 48.5 Å². The number of hydrogen-bond donors (Lipinski definition) is 1. The Balaban J connectivity index is 2.07. The Morgan fingerprint density at radius 2 is 1.93 bits per heavy atom. The SMILES string of the molecule is COc1ccc2c(c1)c(/C=C/C(=O)O)c(C)n2Cc1cccc(OC(F)(F)F)c1. The van der Waals surface area contributed by atoms with Gasteiger partial charge in [0.1, 0.15) is 11.5 Å². The molecule has 0 unspecified atom stereocenters.